The number of aryl methyl sites for hydroxylation is 2. The van der Waals surface area contributed by atoms with E-state index in [1.54, 1.807) is 11.9 Å². The number of piperazine rings is 2. The van der Waals surface area contributed by atoms with E-state index < -0.39 is 0 Å². The van der Waals surface area contributed by atoms with Crippen molar-refractivity contribution in [2.45, 2.75) is 26.4 Å². The molecule has 27 heavy (non-hydrogen) atoms. The molecular weight excluding hydrogens is 342 g/mol. The fraction of sp³-hybridized carbons (Fsp3) is 0.450. The topological polar surface area (TPSA) is 72.5 Å². The molecule has 2 saturated heterocycles. The third kappa shape index (κ3) is 3.23. The van der Waals surface area contributed by atoms with Gasteiger partial charge in [-0.3, -0.25) is 19.6 Å². The van der Waals surface area contributed by atoms with E-state index in [4.69, 9.17) is 0 Å². The molecule has 2 aliphatic heterocycles. The number of hydrogen-bond donors (Lipinski definition) is 1. The van der Waals surface area contributed by atoms with E-state index in [1.807, 2.05) is 6.20 Å². The lowest BCUT2D eigenvalue weighted by molar-refractivity contribution is -0.158. The van der Waals surface area contributed by atoms with Gasteiger partial charge in [-0.15, -0.1) is 0 Å². The molecule has 1 aromatic heterocycles. The first kappa shape index (κ1) is 17.7. The molecule has 0 spiro atoms. The number of fused-ring (bicyclic) bond motifs is 1. The number of rotatable bonds is 3. The summed E-state index contributed by atoms with van der Waals surface area (Å²) in [5.74, 6) is 0.0716. The Morgan fingerprint density at radius 3 is 2.85 bits per heavy atom. The molecule has 1 N–H and O–H groups in total. The minimum atomic E-state index is -0.374. The van der Waals surface area contributed by atoms with Crippen LogP contribution in [0.4, 0.5) is 0 Å². The highest BCUT2D eigenvalue weighted by Gasteiger charge is 2.41. The van der Waals surface area contributed by atoms with Crippen LogP contribution in [0, 0.1) is 13.8 Å². The molecule has 0 radical (unpaired) electrons. The standard InChI is InChI=1S/C20H25N5O2/c1-13-4-5-14(2)16(8-13)19-15(9-21-22-19)10-24-6-7-25-17(11-24)20(27)23(3)12-18(25)26/h4-5,8-9,17H,6-7,10-12H2,1-3H3,(H,21,22)/t17-/m1/s1. The fourth-order valence-corrected chi connectivity index (χ4v) is 4.03. The van der Waals surface area contributed by atoms with E-state index in [0.717, 1.165) is 23.4 Å². The predicted molar refractivity (Wildman–Crippen MR) is 102 cm³/mol. The molecule has 0 saturated carbocycles. The van der Waals surface area contributed by atoms with E-state index in [2.05, 4.69) is 47.1 Å². The monoisotopic (exact) mass is 367 g/mol. The van der Waals surface area contributed by atoms with Crippen LogP contribution in [0.3, 0.4) is 0 Å². The van der Waals surface area contributed by atoms with E-state index in [9.17, 15) is 9.59 Å². The van der Waals surface area contributed by atoms with Crippen LogP contribution in [0.2, 0.25) is 0 Å². The number of nitrogens with zero attached hydrogens (tertiary/aromatic N) is 4. The quantitative estimate of drug-likeness (QED) is 0.884. The molecule has 2 aromatic rings. The summed E-state index contributed by atoms with van der Waals surface area (Å²) in [5.41, 5.74) is 5.70. The zero-order valence-corrected chi connectivity index (χ0v) is 16.0. The highest BCUT2D eigenvalue weighted by atomic mass is 16.2. The highest BCUT2D eigenvalue weighted by Crippen LogP contribution is 2.27. The summed E-state index contributed by atoms with van der Waals surface area (Å²) in [5, 5.41) is 7.41. The number of amides is 2. The normalized spacial score (nSPS) is 20.9. The van der Waals surface area contributed by atoms with Gasteiger partial charge in [-0.05, 0) is 25.5 Å². The van der Waals surface area contributed by atoms with Crippen molar-refractivity contribution >= 4 is 11.8 Å². The van der Waals surface area contributed by atoms with Gasteiger partial charge in [0.2, 0.25) is 11.8 Å². The van der Waals surface area contributed by atoms with Crippen LogP contribution in [0.5, 0.6) is 0 Å². The van der Waals surface area contributed by atoms with Gasteiger partial charge in [-0.2, -0.15) is 5.10 Å². The smallest absolute Gasteiger partial charge is 0.246 e. The second kappa shape index (κ2) is 6.81. The average molecular weight is 367 g/mol. The number of hydrogen-bond acceptors (Lipinski definition) is 4. The molecule has 2 fully saturated rings. The molecule has 2 amide bonds. The van der Waals surface area contributed by atoms with Crippen LogP contribution in [0.15, 0.2) is 24.4 Å². The molecule has 3 heterocycles. The van der Waals surface area contributed by atoms with Gasteiger partial charge < -0.3 is 9.80 Å². The van der Waals surface area contributed by atoms with Crippen molar-refractivity contribution < 1.29 is 9.59 Å². The van der Waals surface area contributed by atoms with Gasteiger partial charge in [0.1, 0.15) is 6.04 Å². The zero-order valence-electron chi connectivity index (χ0n) is 16.0. The molecule has 0 bridgehead atoms. The molecule has 0 unspecified atom stereocenters. The van der Waals surface area contributed by atoms with E-state index in [0.29, 0.717) is 19.6 Å². The molecule has 142 valence electrons. The number of benzene rings is 1. The Kier molecular flexibility index (Phi) is 4.47. The minimum absolute atomic E-state index is 0.0289. The van der Waals surface area contributed by atoms with Gasteiger partial charge in [0.25, 0.3) is 0 Å². The van der Waals surface area contributed by atoms with Crippen molar-refractivity contribution in [2.24, 2.45) is 0 Å². The first-order valence-electron chi connectivity index (χ1n) is 9.30. The van der Waals surface area contributed by atoms with Gasteiger partial charge in [0.15, 0.2) is 0 Å². The Hall–Kier alpha value is -2.67. The lowest BCUT2D eigenvalue weighted by Gasteiger charge is -2.45. The third-order valence-electron chi connectivity index (χ3n) is 5.59. The summed E-state index contributed by atoms with van der Waals surface area (Å²) in [6, 6.07) is 6.02. The SMILES string of the molecule is Cc1ccc(C)c(-c2[nH]ncc2CN2CCN3C(=O)CN(C)C(=O)[C@H]3C2)c1. The molecule has 1 aromatic carbocycles. The van der Waals surface area contributed by atoms with Crippen LogP contribution in [0.25, 0.3) is 11.3 Å². The van der Waals surface area contributed by atoms with Crippen LogP contribution in [-0.4, -0.2) is 76.0 Å². The highest BCUT2D eigenvalue weighted by molar-refractivity contribution is 5.95. The number of H-pyrrole nitrogens is 1. The van der Waals surface area contributed by atoms with E-state index >= 15 is 0 Å². The molecule has 1 atom stereocenters. The molecule has 0 aliphatic carbocycles. The van der Waals surface area contributed by atoms with E-state index in [1.165, 1.54) is 16.0 Å². The minimum Gasteiger partial charge on any atom is -0.335 e. The van der Waals surface area contributed by atoms with Gasteiger partial charge in [-0.25, -0.2) is 0 Å². The zero-order chi connectivity index (χ0) is 19.1. The largest absolute Gasteiger partial charge is 0.335 e. The summed E-state index contributed by atoms with van der Waals surface area (Å²) >= 11 is 0. The molecule has 2 aliphatic rings. The summed E-state index contributed by atoms with van der Waals surface area (Å²) in [7, 11) is 1.70. The number of aromatic amines is 1. The lowest BCUT2D eigenvalue weighted by Crippen LogP contribution is -2.65. The summed E-state index contributed by atoms with van der Waals surface area (Å²) in [6.45, 7) is 6.99. The Labute approximate surface area is 158 Å². The van der Waals surface area contributed by atoms with E-state index in [-0.39, 0.29) is 24.4 Å². The van der Waals surface area contributed by atoms with Gasteiger partial charge in [-0.1, -0.05) is 17.7 Å². The maximum absolute atomic E-state index is 12.5. The van der Waals surface area contributed by atoms with Gasteiger partial charge in [0.05, 0.1) is 18.4 Å². The summed E-state index contributed by atoms with van der Waals surface area (Å²) in [4.78, 5) is 30.2. The Morgan fingerprint density at radius 2 is 2.04 bits per heavy atom. The van der Waals surface area contributed by atoms with Gasteiger partial charge in [0, 0.05) is 44.4 Å². The first-order valence-corrected chi connectivity index (χ1v) is 9.30. The van der Waals surface area contributed by atoms with Crippen LogP contribution < -0.4 is 0 Å². The van der Waals surface area contributed by atoms with Crippen molar-refractivity contribution in [2.75, 3.05) is 33.2 Å². The van der Waals surface area contributed by atoms with Crippen LogP contribution in [0.1, 0.15) is 16.7 Å². The van der Waals surface area contributed by atoms with Crippen molar-refractivity contribution in [3.63, 3.8) is 0 Å². The Balaban J connectivity index is 1.54. The Bertz CT molecular complexity index is 890. The molecule has 7 nitrogen and oxygen atoms in total. The molecule has 4 rings (SSSR count). The number of carbonyl (C=O) groups is 2. The molecular formula is C20H25N5O2. The van der Waals surface area contributed by atoms with Crippen molar-refractivity contribution in [3.8, 4) is 11.3 Å². The fourth-order valence-electron chi connectivity index (χ4n) is 4.03. The maximum atomic E-state index is 12.5. The molecule has 7 heteroatoms. The van der Waals surface area contributed by atoms with Gasteiger partial charge >= 0.3 is 0 Å². The third-order valence-corrected chi connectivity index (χ3v) is 5.59. The van der Waals surface area contributed by atoms with Crippen LogP contribution >= 0.6 is 0 Å². The Morgan fingerprint density at radius 1 is 1.22 bits per heavy atom. The summed E-state index contributed by atoms with van der Waals surface area (Å²) in [6.07, 6.45) is 1.86. The average Bonchev–Trinajstić information content (AvgIpc) is 3.09. The second-order valence-electron chi connectivity index (χ2n) is 7.62. The number of aromatic nitrogens is 2. The predicted octanol–water partition coefficient (Wildman–Crippen LogP) is 1.18. The lowest BCUT2D eigenvalue weighted by atomic mass is 10.00. The summed E-state index contributed by atoms with van der Waals surface area (Å²) < 4.78 is 0. The first-order chi connectivity index (χ1) is 12.9. The van der Waals surface area contributed by atoms with Crippen molar-refractivity contribution in [1.82, 2.24) is 24.9 Å². The maximum Gasteiger partial charge on any atom is 0.246 e. The van der Waals surface area contributed by atoms with Crippen LogP contribution in [-0.2, 0) is 16.1 Å². The van der Waals surface area contributed by atoms with Crippen molar-refractivity contribution in [1.29, 1.82) is 0 Å². The second-order valence-corrected chi connectivity index (χ2v) is 7.62. The number of carbonyl (C=O) groups excluding carboxylic acids is 2. The van der Waals surface area contributed by atoms with Crippen molar-refractivity contribution in [3.05, 3.63) is 41.1 Å². The number of likely N-dealkylation sites (N-methyl/N-ethyl adjacent to an activating group) is 1. The number of nitrogens with one attached hydrogen (secondary N) is 1.